The summed E-state index contributed by atoms with van der Waals surface area (Å²) in [6.45, 7) is 8.96. The largest absolute Gasteiger partial charge is 0.371 e. The van der Waals surface area contributed by atoms with Crippen LogP contribution in [0.25, 0.3) is 0 Å². The molecule has 3 aliphatic rings. The molecule has 3 saturated heterocycles. The Morgan fingerprint density at radius 3 is 2.67 bits per heavy atom. The van der Waals surface area contributed by atoms with E-state index in [2.05, 4.69) is 47.2 Å². The van der Waals surface area contributed by atoms with Crippen molar-refractivity contribution in [2.45, 2.75) is 51.6 Å². The summed E-state index contributed by atoms with van der Waals surface area (Å²) >= 11 is 0. The van der Waals surface area contributed by atoms with Crippen molar-refractivity contribution < 1.29 is 4.79 Å². The Balaban J connectivity index is 1.36. The highest BCUT2D eigenvalue weighted by Crippen LogP contribution is 2.31. The van der Waals surface area contributed by atoms with Crippen molar-refractivity contribution in [2.75, 3.05) is 31.1 Å². The highest BCUT2D eigenvalue weighted by Gasteiger charge is 2.39. The summed E-state index contributed by atoms with van der Waals surface area (Å²) in [6, 6.07) is 7.73. The van der Waals surface area contributed by atoms with Crippen LogP contribution in [-0.2, 0) is 4.79 Å². The lowest BCUT2D eigenvalue weighted by Crippen LogP contribution is -2.53. The third-order valence-electron chi connectivity index (χ3n) is 6.48. The second-order valence-electron chi connectivity index (χ2n) is 7.86. The maximum atomic E-state index is 11.6. The first kappa shape index (κ1) is 15.9. The third kappa shape index (κ3) is 2.92. The standard InChI is InChI=1S/C20H29N3O/c1-14-4-3-5-19(15(14)2)22-10-7-17(8-11-22)23-9-6-16-12-20(24)21-18(16)13-23/h3-5,16-18H,6-13H2,1-2H3,(H,21,24)/t16-,18-/m1/s1. The van der Waals surface area contributed by atoms with E-state index in [1.807, 2.05) is 0 Å². The van der Waals surface area contributed by atoms with Crippen LogP contribution in [0.1, 0.15) is 36.8 Å². The summed E-state index contributed by atoms with van der Waals surface area (Å²) < 4.78 is 0. The Bertz CT molecular complexity index is 621. The van der Waals surface area contributed by atoms with E-state index in [9.17, 15) is 4.79 Å². The molecule has 0 unspecified atom stereocenters. The number of likely N-dealkylation sites (tertiary alicyclic amines) is 1. The van der Waals surface area contributed by atoms with Crippen molar-refractivity contribution in [3.8, 4) is 0 Å². The van der Waals surface area contributed by atoms with Gasteiger partial charge in [-0.2, -0.15) is 0 Å². The van der Waals surface area contributed by atoms with Crippen molar-refractivity contribution in [1.29, 1.82) is 0 Å². The van der Waals surface area contributed by atoms with Gasteiger partial charge in [0, 0.05) is 43.8 Å². The van der Waals surface area contributed by atoms with Crippen molar-refractivity contribution >= 4 is 11.6 Å². The van der Waals surface area contributed by atoms with Crippen molar-refractivity contribution in [2.24, 2.45) is 5.92 Å². The quantitative estimate of drug-likeness (QED) is 0.906. The van der Waals surface area contributed by atoms with Crippen molar-refractivity contribution in [1.82, 2.24) is 10.2 Å². The zero-order valence-corrected chi connectivity index (χ0v) is 14.9. The predicted molar refractivity (Wildman–Crippen MR) is 97.4 cm³/mol. The van der Waals surface area contributed by atoms with Gasteiger partial charge < -0.3 is 10.2 Å². The lowest BCUT2D eigenvalue weighted by atomic mass is 9.90. The molecule has 0 saturated carbocycles. The molecule has 1 aromatic rings. The maximum absolute atomic E-state index is 11.6. The fourth-order valence-corrected chi connectivity index (χ4v) is 4.82. The van der Waals surface area contributed by atoms with Crippen LogP contribution in [0.5, 0.6) is 0 Å². The van der Waals surface area contributed by atoms with Crippen molar-refractivity contribution in [3.05, 3.63) is 29.3 Å². The zero-order chi connectivity index (χ0) is 16.7. The number of carbonyl (C=O) groups excluding carboxylic acids is 1. The van der Waals surface area contributed by atoms with E-state index in [4.69, 9.17) is 0 Å². The SMILES string of the molecule is Cc1cccc(N2CCC(N3CC[C@@H]4CC(=O)N[C@@H]4C3)CC2)c1C. The highest BCUT2D eigenvalue weighted by molar-refractivity contribution is 5.79. The third-order valence-corrected chi connectivity index (χ3v) is 6.48. The first-order valence-corrected chi connectivity index (χ1v) is 9.46. The van der Waals surface area contributed by atoms with Gasteiger partial charge in [0.25, 0.3) is 0 Å². The number of aryl methyl sites for hydroxylation is 1. The molecule has 4 heteroatoms. The zero-order valence-electron chi connectivity index (χ0n) is 14.9. The molecule has 1 aromatic carbocycles. The Morgan fingerprint density at radius 1 is 1.08 bits per heavy atom. The monoisotopic (exact) mass is 327 g/mol. The van der Waals surface area contributed by atoms with E-state index in [0.29, 0.717) is 18.0 Å². The van der Waals surface area contributed by atoms with E-state index in [1.54, 1.807) is 0 Å². The van der Waals surface area contributed by atoms with Gasteiger partial charge >= 0.3 is 0 Å². The summed E-state index contributed by atoms with van der Waals surface area (Å²) in [5.74, 6) is 0.848. The van der Waals surface area contributed by atoms with Crippen LogP contribution in [-0.4, -0.2) is 49.1 Å². The lowest BCUT2D eigenvalue weighted by Gasteiger charge is -2.43. The predicted octanol–water partition coefficient (Wildman–Crippen LogP) is 2.48. The maximum Gasteiger partial charge on any atom is 0.220 e. The van der Waals surface area contributed by atoms with Gasteiger partial charge in [0.15, 0.2) is 0 Å². The van der Waals surface area contributed by atoms with Crippen LogP contribution in [0.15, 0.2) is 18.2 Å². The molecule has 3 heterocycles. The van der Waals surface area contributed by atoms with Crippen LogP contribution < -0.4 is 10.2 Å². The Hall–Kier alpha value is -1.55. The normalized spacial score (nSPS) is 28.8. The second-order valence-corrected chi connectivity index (χ2v) is 7.86. The number of benzene rings is 1. The fourth-order valence-electron chi connectivity index (χ4n) is 4.82. The smallest absolute Gasteiger partial charge is 0.220 e. The minimum absolute atomic E-state index is 0.261. The molecule has 3 fully saturated rings. The number of rotatable bonds is 2. The summed E-state index contributed by atoms with van der Waals surface area (Å²) in [7, 11) is 0. The van der Waals surface area contributed by atoms with Gasteiger partial charge in [-0.05, 0) is 62.8 Å². The minimum atomic E-state index is 0.261. The average Bonchev–Trinajstić information content (AvgIpc) is 2.97. The molecule has 0 aliphatic carbocycles. The van der Waals surface area contributed by atoms with Crippen LogP contribution >= 0.6 is 0 Å². The molecule has 0 radical (unpaired) electrons. The molecule has 4 nitrogen and oxygen atoms in total. The van der Waals surface area contributed by atoms with Crippen LogP contribution in [0, 0.1) is 19.8 Å². The number of amides is 1. The van der Waals surface area contributed by atoms with Gasteiger partial charge in [0.1, 0.15) is 0 Å². The van der Waals surface area contributed by atoms with Gasteiger partial charge in [0.05, 0.1) is 0 Å². The molecule has 3 aliphatic heterocycles. The number of hydrogen-bond donors (Lipinski definition) is 1. The number of piperidine rings is 2. The van der Waals surface area contributed by atoms with Crippen LogP contribution in [0.3, 0.4) is 0 Å². The number of anilines is 1. The van der Waals surface area contributed by atoms with Gasteiger partial charge in [-0.1, -0.05) is 12.1 Å². The first-order chi connectivity index (χ1) is 11.6. The number of hydrogen-bond acceptors (Lipinski definition) is 3. The molecule has 0 bridgehead atoms. The Morgan fingerprint density at radius 2 is 1.88 bits per heavy atom. The average molecular weight is 327 g/mol. The van der Waals surface area contributed by atoms with Crippen LogP contribution in [0.2, 0.25) is 0 Å². The molecule has 0 aromatic heterocycles. The van der Waals surface area contributed by atoms with Gasteiger partial charge in [-0.25, -0.2) is 0 Å². The number of fused-ring (bicyclic) bond motifs is 1. The summed E-state index contributed by atoms with van der Waals surface area (Å²) in [5.41, 5.74) is 4.22. The minimum Gasteiger partial charge on any atom is -0.371 e. The molecule has 1 N–H and O–H groups in total. The van der Waals surface area contributed by atoms with Gasteiger partial charge in [-0.15, -0.1) is 0 Å². The lowest BCUT2D eigenvalue weighted by molar-refractivity contribution is -0.119. The summed E-state index contributed by atoms with van der Waals surface area (Å²) in [5, 5.41) is 3.18. The van der Waals surface area contributed by atoms with Crippen molar-refractivity contribution in [3.63, 3.8) is 0 Å². The number of nitrogens with zero attached hydrogens (tertiary/aromatic N) is 2. The molecular weight excluding hydrogens is 298 g/mol. The molecule has 24 heavy (non-hydrogen) atoms. The molecule has 0 spiro atoms. The van der Waals surface area contributed by atoms with Gasteiger partial charge in [0.2, 0.25) is 5.91 Å². The Labute approximate surface area is 145 Å². The topological polar surface area (TPSA) is 35.6 Å². The first-order valence-electron chi connectivity index (χ1n) is 9.46. The molecule has 130 valence electrons. The molecule has 2 atom stereocenters. The summed E-state index contributed by atoms with van der Waals surface area (Å²) in [4.78, 5) is 16.8. The number of carbonyl (C=O) groups is 1. The molecule has 4 rings (SSSR count). The second kappa shape index (κ2) is 6.40. The van der Waals surface area contributed by atoms with E-state index >= 15 is 0 Å². The van der Waals surface area contributed by atoms with E-state index < -0.39 is 0 Å². The molecule has 1 amide bonds. The fraction of sp³-hybridized carbons (Fsp3) is 0.650. The van der Waals surface area contributed by atoms with E-state index in [-0.39, 0.29) is 5.91 Å². The Kier molecular flexibility index (Phi) is 4.25. The number of nitrogens with one attached hydrogen (secondary N) is 1. The van der Waals surface area contributed by atoms with E-state index in [0.717, 1.165) is 26.1 Å². The highest BCUT2D eigenvalue weighted by atomic mass is 16.2. The van der Waals surface area contributed by atoms with E-state index in [1.165, 1.54) is 42.6 Å². The molecular formula is C20H29N3O. The van der Waals surface area contributed by atoms with Crippen LogP contribution in [0.4, 0.5) is 5.69 Å². The summed E-state index contributed by atoms with van der Waals surface area (Å²) in [6.07, 6.45) is 4.40. The van der Waals surface area contributed by atoms with Gasteiger partial charge in [-0.3, -0.25) is 9.69 Å².